The van der Waals surface area contributed by atoms with E-state index in [-0.39, 0.29) is 12.1 Å². The number of nitrogens with zero attached hydrogens (tertiary/aromatic N) is 4. The van der Waals surface area contributed by atoms with Gasteiger partial charge in [-0.05, 0) is 33.3 Å². The summed E-state index contributed by atoms with van der Waals surface area (Å²) in [5.74, 6) is 0. The summed E-state index contributed by atoms with van der Waals surface area (Å²) in [6.07, 6.45) is 2.55. The van der Waals surface area contributed by atoms with Crippen molar-refractivity contribution in [3.63, 3.8) is 0 Å². The zero-order chi connectivity index (χ0) is 14.9. The molecule has 0 saturated carbocycles. The van der Waals surface area contributed by atoms with E-state index in [0.29, 0.717) is 5.02 Å². The van der Waals surface area contributed by atoms with Crippen molar-refractivity contribution in [2.75, 3.05) is 0 Å². The maximum Gasteiger partial charge on any atom is 0.0909 e. The second-order valence-electron chi connectivity index (χ2n) is 5.12. The monoisotopic (exact) mass is 295 g/mol. The number of aryl methyl sites for hydroxylation is 2. The van der Waals surface area contributed by atoms with Gasteiger partial charge in [0, 0.05) is 12.6 Å². The Hall–Kier alpha value is -1.33. The summed E-state index contributed by atoms with van der Waals surface area (Å²) in [5, 5.41) is 9.47. The highest BCUT2D eigenvalue weighted by Crippen LogP contribution is 2.29. The molecule has 2 rings (SSSR count). The highest BCUT2D eigenvalue weighted by molar-refractivity contribution is 6.31. The highest BCUT2D eigenvalue weighted by atomic mass is 35.5. The lowest BCUT2D eigenvalue weighted by molar-refractivity contribution is 0.489. The molecule has 6 heteroatoms. The van der Waals surface area contributed by atoms with E-state index in [9.17, 15) is 0 Å². The van der Waals surface area contributed by atoms with Crippen LogP contribution in [-0.2, 0) is 13.0 Å². The summed E-state index contributed by atoms with van der Waals surface area (Å²) in [4.78, 5) is 0. The van der Waals surface area contributed by atoms with Gasteiger partial charge in [0.2, 0.25) is 0 Å². The Kier molecular flexibility index (Phi) is 4.50. The molecule has 0 aliphatic rings. The molecule has 5 nitrogen and oxygen atoms in total. The third kappa shape index (κ3) is 2.60. The Balaban J connectivity index is 2.48. The maximum absolute atomic E-state index is 6.44. The number of aromatic nitrogens is 4. The van der Waals surface area contributed by atoms with E-state index in [4.69, 9.17) is 17.3 Å². The molecule has 0 amide bonds. The van der Waals surface area contributed by atoms with Crippen LogP contribution in [0.15, 0.2) is 12.3 Å². The first-order valence-electron chi connectivity index (χ1n) is 7.04. The summed E-state index contributed by atoms with van der Waals surface area (Å²) < 4.78 is 3.82. The molecule has 2 heterocycles. The van der Waals surface area contributed by atoms with Crippen molar-refractivity contribution in [3.8, 4) is 0 Å². The van der Waals surface area contributed by atoms with Gasteiger partial charge in [-0.2, -0.15) is 10.2 Å². The molecule has 110 valence electrons. The minimum Gasteiger partial charge on any atom is -0.318 e. The topological polar surface area (TPSA) is 61.7 Å². The maximum atomic E-state index is 6.44. The second-order valence-corrected chi connectivity index (χ2v) is 5.53. The van der Waals surface area contributed by atoms with Crippen LogP contribution in [0.3, 0.4) is 0 Å². The number of hydrogen-bond acceptors (Lipinski definition) is 3. The summed E-state index contributed by atoms with van der Waals surface area (Å²) in [7, 11) is 0. The molecular weight excluding hydrogens is 274 g/mol. The highest BCUT2D eigenvalue weighted by Gasteiger charge is 2.23. The average Bonchev–Trinajstić information content (AvgIpc) is 3.01. The van der Waals surface area contributed by atoms with Crippen LogP contribution in [0.1, 0.15) is 56.9 Å². The van der Waals surface area contributed by atoms with Gasteiger partial charge in [-0.15, -0.1) is 0 Å². The van der Waals surface area contributed by atoms with Gasteiger partial charge in [-0.1, -0.05) is 18.5 Å². The molecule has 0 aliphatic heterocycles. The average molecular weight is 296 g/mol. The standard InChI is InChI=1S/C14H22ClN5/c1-5-10-7-12(19(6-2)18-10)13(16)14-11(15)8-17-20(14)9(3)4/h7-9,13H,5-6,16H2,1-4H3. The van der Waals surface area contributed by atoms with Gasteiger partial charge in [0.05, 0.1) is 34.3 Å². The van der Waals surface area contributed by atoms with Gasteiger partial charge < -0.3 is 5.73 Å². The first kappa shape index (κ1) is 15.1. The van der Waals surface area contributed by atoms with Gasteiger partial charge in [0.25, 0.3) is 0 Å². The quantitative estimate of drug-likeness (QED) is 0.922. The molecule has 2 aromatic heterocycles. The largest absolute Gasteiger partial charge is 0.318 e. The van der Waals surface area contributed by atoms with Crippen molar-refractivity contribution in [2.45, 2.75) is 52.7 Å². The molecule has 0 saturated heterocycles. The van der Waals surface area contributed by atoms with Crippen LogP contribution in [-0.4, -0.2) is 19.6 Å². The van der Waals surface area contributed by atoms with Crippen LogP contribution in [0.25, 0.3) is 0 Å². The third-order valence-corrected chi connectivity index (χ3v) is 3.70. The van der Waals surface area contributed by atoms with E-state index in [1.165, 1.54) is 0 Å². The fraction of sp³-hybridized carbons (Fsp3) is 0.571. The van der Waals surface area contributed by atoms with Gasteiger partial charge in [0.15, 0.2) is 0 Å². The van der Waals surface area contributed by atoms with Crippen molar-refractivity contribution in [2.24, 2.45) is 5.73 Å². The number of hydrogen-bond donors (Lipinski definition) is 1. The molecule has 20 heavy (non-hydrogen) atoms. The SMILES string of the molecule is CCc1cc(C(N)c2c(Cl)cnn2C(C)C)n(CC)n1. The normalized spacial score (nSPS) is 13.2. The molecule has 0 bridgehead atoms. The van der Waals surface area contributed by atoms with Crippen molar-refractivity contribution in [1.82, 2.24) is 19.6 Å². The van der Waals surface area contributed by atoms with E-state index in [1.54, 1.807) is 6.20 Å². The Bertz CT molecular complexity index is 584. The number of rotatable bonds is 5. The van der Waals surface area contributed by atoms with Crippen LogP contribution >= 0.6 is 11.6 Å². The van der Waals surface area contributed by atoms with Crippen LogP contribution < -0.4 is 5.73 Å². The smallest absolute Gasteiger partial charge is 0.0909 e. The lowest BCUT2D eigenvalue weighted by Crippen LogP contribution is -2.22. The van der Waals surface area contributed by atoms with Crippen molar-refractivity contribution in [3.05, 3.63) is 34.4 Å². The van der Waals surface area contributed by atoms with Crippen molar-refractivity contribution < 1.29 is 0 Å². The van der Waals surface area contributed by atoms with Crippen LogP contribution in [0.2, 0.25) is 5.02 Å². The minimum absolute atomic E-state index is 0.215. The molecule has 0 aromatic carbocycles. The van der Waals surface area contributed by atoms with Gasteiger partial charge in [-0.3, -0.25) is 9.36 Å². The summed E-state index contributed by atoms with van der Waals surface area (Å²) >= 11 is 6.28. The Morgan fingerprint density at radius 2 is 2.05 bits per heavy atom. The number of halogens is 1. The molecule has 0 radical (unpaired) electrons. The fourth-order valence-electron chi connectivity index (χ4n) is 2.36. The summed E-state index contributed by atoms with van der Waals surface area (Å²) in [5.41, 5.74) is 9.31. The summed E-state index contributed by atoms with van der Waals surface area (Å²) in [6.45, 7) is 9.06. The van der Waals surface area contributed by atoms with E-state index in [0.717, 1.165) is 30.0 Å². The third-order valence-electron chi connectivity index (χ3n) is 3.41. The first-order chi connectivity index (χ1) is 9.49. The van der Waals surface area contributed by atoms with E-state index < -0.39 is 0 Å². The number of nitrogens with two attached hydrogens (primary N) is 1. The van der Waals surface area contributed by atoms with Crippen molar-refractivity contribution in [1.29, 1.82) is 0 Å². The first-order valence-corrected chi connectivity index (χ1v) is 7.42. The lowest BCUT2D eigenvalue weighted by Gasteiger charge is -2.18. The Labute approximate surface area is 124 Å². The molecular formula is C14H22ClN5. The Morgan fingerprint density at radius 1 is 1.35 bits per heavy atom. The molecule has 1 unspecified atom stereocenters. The molecule has 1 atom stereocenters. The molecule has 2 aromatic rings. The molecule has 0 fully saturated rings. The van der Waals surface area contributed by atoms with Gasteiger partial charge in [-0.25, -0.2) is 0 Å². The van der Waals surface area contributed by atoms with Crippen molar-refractivity contribution >= 4 is 11.6 Å². The Morgan fingerprint density at radius 3 is 2.60 bits per heavy atom. The van der Waals surface area contributed by atoms with Crippen LogP contribution in [0.4, 0.5) is 0 Å². The van der Waals surface area contributed by atoms with Gasteiger partial charge >= 0.3 is 0 Å². The second kappa shape index (κ2) is 5.97. The minimum atomic E-state index is -0.319. The predicted molar refractivity (Wildman–Crippen MR) is 80.9 cm³/mol. The zero-order valence-corrected chi connectivity index (χ0v) is 13.2. The molecule has 0 spiro atoms. The zero-order valence-electron chi connectivity index (χ0n) is 12.5. The van der Waals surface area contributed by atoms with E-state index >= 15 is 0 Å². The van der Waals surface area contributed by atoms with E-state index in [1.807, 2.05) is 9.36 Å². The lowest BCUT2D eigenvalue weighted by atomic mass is 10.1. The van der Waals surface area contributed by atoms with Crippen LogP contribution in [0, 0.1) is 0 Å². The predicted octanol–water partition coefficient (Wildman–Crippen LogP) is 2.94. The molecule has 0 aliphatic carbocycles. The summed E-state index contributed by atoms with van der Waals surface area (Å²) in [6, 6.07) is 1.95. The fourth-order valence-corrected chi connectivity index (χ4v) is 2.60. The molecule has 2 N–H and O–H groups in total. The van der Waals surface area contributed by atoms with E-state index in [2.05, 4.69) is 44.0 Å². The van der Waals surface area contributed by atoms with Gasteiger partial charge in [0.1, 0.15) is 0 Å². The van der Waals surface area contributed by atoms with Crippen LogP contribution in [0.5, 0.6) is 0 Å².